The molecule has 0 bridgehead atoms. The third-order valence-electron chi connectivity index (χ3n) is 2.87. The monoisotopic (exact) mass is 324 g/mol. The van der Waals surface area contributed by atoms with Crippen molar-refractivity contribution in [3.8, 4) is 5.75 Å². The highest BCUT2D eigenvalue weighted by atomic mass is 79.9. The molecule has 1 unspecified atom stereocenters. The summed E-state index contributed by atoms with van der Waals surface area (Å²) >= 11 is 3.18. The van der Waals surface area contributed by atoms with Crippen molar-refractivity contribution in [2.24, 2.45) is 5.84 Å². The molecule has 2 aromatic rings. The van der Waals surface area contributed by atoms with E-state index in [1.807, 2.05) is 24.3 Å². The highest BCUT2D eigenvalue weighted by Crippen LogP contribution is 2.27. The SMILES string of the molecule is COc1cccc(C(NN)c2ccc(F)c(Br)c2)c1. The number of rotatable bonds is 4. The fourth-order valence-corrected chi connectivity index (χ4v) is 2.29. The van der Waals surface area contributed by atoms with Gasteiger partial charge in [0.25, 0.3) is 0 Å². The zero-order chi connectivity index (χ0) is 13.8. The van der Waals surface area contributed by atoms with Gasteiger partial charge in [-0.3, -0.25) is 5.84 Å². The van der Waals surface area contributed by atoms with Crippen LogP contribution < -0.4 is 16.0 Å². The molecule has 3 nitrogen and oxygen atoms in total. The molecule has 2 rings (SSSR count). The Labute approximate surface area is 119 Å². The maximum Gasteiger partial charge on any atom is 0.137 e. The first kappa shape index (κ1) is 14.0. The number of hydrogen-bond acceptors (Lipinski definition) is 3. The lowest BCUT2D eigenvalue weighted by Crippen LogP contribution is -2.28. The van der Waals surface area contributed by atoms with Crippen LogP contribution in [0.5, 0.6) is 5.75 Å². The van der Waals surface area contributed by atoms with E-state index in [0.717, 1.165) is 16.9 Å². The summed E-state index contributed by atoms with van der Waals surface area (Å²) in [5.74, 6) is 6.06. The smallest absolute Gasteiger partial charge is 0.137 e. The van der Waals surface area contributed by atoms with Gasteiger partial charge in [0.15, 0.2) is 0 Å². The molecule has 0 heterocycles. The van der Waals surface area contributed by atoms with E-state index >= 15 is 0 Å². The molecule has 2 aromatic carbocycles. The first-order chi connectivity index (χ1) is 9.15. The molecule has 19 heavy (non-hydrogen) atoms. The van der Waals surface area contributed by atoms with Crippen LogP contribution in [0.15, 0.2) is 46.9 Å². The van der Waals surface area contributed by atoms with Crippen LogP contribution in [0.2, 0.25) is 0 Å². The van der Waals surface area contributed by atoms with Crippen LogP contribution >= 0.6 is 15.9 Å². The normalized spacial score (nSPS) is 12.2. The van der Waals surface area contributed by atoms with Gasteiger partial charge >= 0.3 is 0 Å². The fourth-order valence-electron chi connectivity index (χ4n) is 1.90. The second-order valence-corrected chi connectivity index (χ2v) is 4.90. The number of benzene rings is 2. The summed E-state index contributed by atoms with van der Waals surface area (Å²) in [7, 11) is 1.61. The molecule has 0 amide bonds. The molecule has 3 N–H and O–H groups in total. The number of hydrazine groups is 1. The van der Waals surface area contributed by atoms with Crippen molar-refractivity contribution in [3.63, 3.8) is 0 Å². The van der Waals surface area contributed by atoms with Gasteiger partial charge in [0.2, 0.25) is 0 Å². The van der Waals surface area contributed by atoms with E-state index in [4.69, 9.17) is 10.6 Å². The molecule has 5 heteroatoms. The molecule has 100 valence electrons. The van der Waals surface area contributed by atoms with Gasteiger partial charge in [-0.25, -0.2) is 9.82 Å². The Bertz CT molecular complexity index is 577. The quantitative estimate of drug-likeness (QED) is 0.671. The molecule has 0 aliphatic carbocycles. The van der Waals surface area contributed by atoms with Crippen LogP contribution in [0, 0.1) is 5.82 Å². The van der Waals surface area contributed by atoms with Crippen LogP contribution in [0.4, 0.5) is 4.39 Å². The van der Waals surface area contributed by atoms with Crippen LogP contribution in [-0.4, -0.2) is 7.11 Å². The lowest BCUT2D eigenvalue weighted by Gasteiger charge is -2.18. The van der Waals surface area contributed by atoms with Crippen molar-refractivity contribution in [1.29, 1.82) is 0 Å². The van der Waals surface area contributed by atoms with Gasteiger partial charge in [-0.1, -0.05) is 18.2 Å². The zero-order valence-corrected chi connectivity index (χ0v) is 11.9. The summed E-state index contributed by atoms with van der Waals surface area (Å²) in [6.07, 6.45) is 0. The van der Waals surface area contributed by atoms with Gasteiger partial charge in [-0.05, 0) is 51.3 Å². The Kier molecular flexibility index (Phi) is 4.52. The summed E-state index contributed by atoms with van der Waals surface area (Å²) in [5, 5.41) is 0. The number of halogens is 2. The van der Waals surface area contributed by atoms with Gasteiger partial charge in [0, 0.05) is 0 Å². The molecule has 0 fully saturated rings. The molecule has 0 spiro atoms. The van der Waals surface area contributed by atoms with Crippen molar-refractivity contribution in [3.05, 3.63) is 63.9 Å². The molecule has 0 aliphatic heterocycles. The van der Waals surface area contributed by atoms with Gasteiger partial charge in [-0.2, -0.15) is 0 Å². The summed E-state index contributed by atoms with van der Waals surface area (Å²) in [6, 6.07) is 12.2. The van der Waals surface area contributed by atoms with E-state index in [1.165, 1.54) is 6.07 Å². The Morgan fingerprint density at radius 3 is 2.58 bits per heavy atom. The Morgan fingerprint density at radius 1 is 1.21 bits per heavy atom. The second kappa shape index (κ2) is 6.14. The van der Waals surface area contributed by atoms with E-state index in [1.54, 1.807) is 19.2 Å². The minimum atomic E-state index is -0.301. The van der Waals surface area contributed by atoms with E-state index in [9.17, 15) is 4.39 Å². The summed E-state index contributed by atoms with van der Waals surface area (Å²) in [6.45, 7) is 0. The second-order valence-electron chi connectivity index (χ2n) is 4.05. The van der Waals surface area contributed by atoms with Crippen LogP contribution in [0.3, 0.4) is 0 Å². The third kappa shape index (κ3) is 3.12. The van der Waals surface area contributed by atoms with Gasteiger partial charge in [0.05, 0.1) is 17.6 Å². The molecule has 0 radical (unpaired) electrons. The summed E-state index contributed by atoms with van der Waals surface area (Å²) < 4.78 is 18.9. The summed E-state index contributed by atoms with van der Waals surface area (Å²) in [5.41, 5.74) is 4.54. The molecule has 1 atom stereocenters. The standard InChI is InChI=1S/C14H14BrFN2O/c1-19-11-4-2-3-9(7-11)14(18-17)10-5-6-13(16)12(15)8-10/h2-8,14,18H,17H2,1H3. The van der Waals surface area contributed by atoms with E-state index in [-0.39, 0.29) is 11.9 Å². The predicted molar refractivity (Wildman–Crippen MR) is 76.3 cm³/mol. The highest BCUT2D eigenvalue weighted by molar-refractivity contribution is 9.10. The van der Waals surface area contributed by atoms with Crippen LogP contribution in [-0.2, 0) is 0 Å². The first-order valence-corrected chi connectivity index (χ1v) is 6.50. The molecule has 0 aliphatic rings. The van der Waals surface area contributed by atoms with Crippen molar-refractivity contribution >= 4 is 15.9 Å². The molecule has 0 aromatic heterocycles. The molecule has 0 saturated heterocycles. The number of hydrogen-bond donors (Lipinski definition) is 2. The minimum absolute atomic E-state index is 0.230. The molecular formula is C14H14BrFN2O. The lowest BCUT2D eigenvalue weighted by molar-refractivity contribution is 0.413. The topological polar surface area (TPSA) is 47.3 Å². The zero-order valence-electron chi connectivity index (χ0n) is 10.4. The van der Waals surface area contributed by atoms with E-state index in [2.05, 4.69) is 21.4 Å². The summed E-state index contributed by atoms with van der Waals surface area (Å²) in [4.78, 5) is 0. The Balaban J connectivity index is 2.40. The molecular weight excluding hydrogens is 311 g/mol. The number of methoxy groups -OCH3 is 1. The highest BCUT2D eigenvalue weighted by Gasteiger charge is 2.14. The maximum atomic E-state index is 13.3. The van der Waals surface area contributed by atoms with Crippen molar-refractivity contribution in [2.45, 2.75) is 6.04 Å². The average Bonchev–Trinajstić information content (AvgIpc) is 2.44. The van der Waals surface area contributed by atoms with Crippen molar-refractivity contribution < 1.29 is 9.13 Å². The lowest BCUT2D eigenvalue weighted by atomic mass is 9.99. The number of nitrogens with two attached hydrogens (primary N) is 1. The molecule has 0 saturated carbocycles. The van der Waals surface area contributed by atoms with Gasteiger partial charge in [-0.15, -0.1) is 0 Å². The van der Waals surface area contributed by atoms with E-state index in [0.29, 0.717) is 4.47 Å². The van der Waals surface area contributed by atoms with Gasteiger partial charge in [0.1, 0.15) is 11.6 Å². The van der Waals surface area contributed by atoms with Crippen molar-refractivity contribution in [2.75, 3.05) is 7.11 Å². The minimum Gasteiger partial charge on any atom is -0.497 e. The van der Waals surface area contributed by atoms with Crippen LogP contribution in [0.25, 0.3) is 0 Å². The predicted octanol–water partition coefficient (Wildman–Crippen LogP) is 3.15. The maximum absolute atomic E-state index is 13.3. The number of nitrogens with one attached hydrogen (secondary N) is 1. The third-order valence-corrected chi connectivity index (χ3v) is 3.48. The first-order valence-electron chi connectivity index (χ1n) is 5.70. The largest absolute Gasteiger partial charge is 0.497 e. The van der Waals surface area contributed by atoms with Crippen LogP contribution in [0.1, 0.15) is 17.2 Å². The van der Waals surface area contributed by atoms with E-state index < -0.39 is 0 Å². The Hall–Kier alpha value is -1.43. The Morgan fingerprint density at radius 2 is 1.95 bits per heavy atom. The average molecular weight is 325 g/mol. The number of ether oxygens (including phenoxy) is 1. The fraction of sp³-hybridized carbons (Fsp3) is 0.143. The van der Waals surface area contributed by atoms with Crippen molar-refractivity contribution in [1.82, 2.24) is 5.43 Å². The van der Waals surface area contributed by atoms with Gasteiger partial charge < -0.3 is 4.74 Å².